The van der Waals surface area contributed by atoms with Crippen LogP contribution in [-0.4, -0.2) is 70.8 Å². The summed E-state index contributed by atoms with van der Waals surface area (Å²) < 4.78 is 23.0. The minimum absolute atomic E-state index is 0.0838. The van der Waals surface area contributed by atoms with Gasteiger partial charge in [0.2, 0.25) is 0 Å². The van der Waals surface area contributed by atoms with Gasteiger partial charge in [-0.3, -0.25) is 4.79 Å². The highest BCUT2D eigenvalue weighted by Crippen LogP contribution is 2.38. The molecule has 202 valence electrons. The maximum Gasteiger partial charge on any atom is 0.306 e. The number of anilines is 1. The Kier molecular flexibility index (Phi) is 9.66. The molecular formula is C29H40N2O6. The quantitative estimate of drug-likeness (QED) is 0.414. The number of aliphatic carboxylic acids is 1. The topological polar surface area (TPSA) is 89.5 Å². The van der Waals surface area contributed by atoms with Crippen LogP contribution in [0.1, 0.15) is 36.8 Å². The van der Waals surface area contributed by atoms with E-state index >= 15 is 0 Å². The monoisotopic (exact) mass is 512 g/mol. The lowest BCUT2D eigenvalue weighted by molar-refractivity contribution is -0.142. The zero-order valence-electron chi connectivity index (χ0n) is 22.2. The van der Waals surface area contributed by atoms with Crippen LogP contribution in [0.5, 0.6) is 11.5 Å². The van der Waals surface area contributed by atoms with Gasteiger partial charge in [0.25, 0.3) is 0 Å². The number of ether oxygens (including phenoxy) is 4. The van der Waals surface area contributed by atoms with Crippen molar-refractivity contribution in [1.29, 1.82) is 0 Å². The van der Waals surface area contributed by atoms with E-state index in [1.165, 1.54) is 0 Å². The number of fused-ring (bicyclic) bond motifs is 1. The van der Waals surface area contributed by atoms with Crippen molar-refractivity contribution in [3.8, 4) is 11.5 Å². The van der Waals surface area contributed by atoms with Gasteiger partial charge in [-0.05, 0) is 60.7 Å². The van der Waals surface area contributed by atoms with Gasteiger partial charge in [-0.1, -0.05) is 25.1 Å². The Bertz CT molecular complexity index is 1010. The number of carboxylic acid groups (broad SMARTS) is 1. The highest BCUT2D eigenvalue weighted by atomic mass is 16.5. The van der Waals surface area contributed by atoms with Crippen molar-refractivity contribution in [2.45, 2.75) is 38.4 Å². The zero-order chi connectivity index (χ0) is 26.2. The van der Waals surface area contributed by atoms with Crippen LogP contribution in [0.4, 0.5) is 5.69 Å². The molecule has 0 aliphatic carbocycles. The second-order valence-corrected chi connectivity index (χ2v) is 10.0. The van der Waals surface area contributed by atoms with Crippen molar-refractivity contribution in [3.63, 3.8) is 0 Å². The second kappa shape index (κ2) is 13.1. The molecule has 2 heterocycles. The second-order valence-electron chi connectivity index (χ2n) is 10.0. The summed E-state index contributed by atoms with van der Waals surface area (Å²) in [7, 11) is 3.39. The predicted octanol–water partition coefficient (Wildman–Crippen LogP) is 3.93. The molecule has 2 aliphatic heterocycles. The number of hydrogen-bond acceptors (Lipinski definition) is 7. The molecule has 8 nitrogen and oxygen atoms in total. The Morgan fingerprint density at radius 3 is 2.73 bits per heavy atom. The smallest absolute Gasteiger partial charge is 0.306 e. The molecule has 4 rings (SSSR count). The molecule has 37 heavy (non-hydrogen) atoms. The lowest BCUT2D eigenvalue weighted by atomic mass is 9.75. The summed E-state index contributed by atoms with van der Waals surface area (Å²) in [6, 6.07) is 14.4. The summed E-state index contributed by atoms with van der Waals surface area (Å²) in [5.74, 6) is 0.758. The van der Waals surface area contributed by atoms with Crippen molar-refractivity contribution < 1.29 is 28.8 Å². The van der Waals surface area contributed by atoms with E-state index < -0.39 is 11.9 Å². The van der Waals surface area contributed by atoms with E-state index in [1.807, 2.05) is 18.2 Å². The van der Waals surface area contributed by atoms with Crippen LogP contribution in [0, 0.1) is 11.8 Å². The fourth-order valence-electron chi connectivity index (χ4n) is 5.47. The summed E-state index contributed by atoms with van der Waals surface area (Å²) in [6.07, 6.45) is 1.47. The van der Waals surface area contributed by atoms with Gasteiger partial charge in [-0.25, -0.2) is 0 Å². The van der Waals surface area contributed by atoms with E-state index in [0.29, 0.717) is 26.2 Å². The number of methoxy groups -OCH3 is 2. The first-order valence-electron chi connectivity index (χ1n) is 13.2. The SMILES string of the molecule is COCCCN1CCOc2ccc(COC3CNCC(CC(C)C(=O)O)C3c3ccc(OC)cc3)cc21. The third-order valence-electron chi connectivity index (χ3n) is 7.46. The lowest BCUT2D eigenvalue weighted by Crippen LogP contribution is -2.47. The summed E-state index contributed by atoms with van der Waals surface area (Å²) in [4.78, 5) is 14.0. The van der Waals surface area contributed by atoms with Gasteiger partial charge in [0, 0.05) is 32.7 Å². The van der Waals surface area contributed by atoms with E-state index in [2.05, 4.69) is 34.5 Å². The van der Waals surface area contributed by atoms with Crippen LogP contribution in [0.25, 0.3) is 0 Å². The molecule has 0 aromatic heterocycles. The molecule has 4 unspecified atom stereocenters. The minimum Gasteiger partial charge on any atom is -0.497 e. The van der Waals surface area contributed by atoms with Crippen molar-refractivity contribution >= 4 is 11.7 Å². The first-order valence-corrected chi connectivity index (χ1v) is 13.2. The molecule has 0 saturated carbocycles. The first kappa shape index (κ1) is 27.2. The molecular weight excluding hydrogens is 472 g/mol. The number of benzene rings is 2. The predicted molar refractivity (Wildman–Crippen MR) is 143 cm³/mol. The van der Waals surface area contributed by atoms with Crippen molar-refractivity contribution in [2.75, 3.05) is 58.5 Å². The largest absolute Gasteiger partial charge is 0.497 e. The van der Waals surface area contributed by atoms with Gasteiger partial charge in [-0.2, -0.15) is 0 Å². The van der Waals surface area contributed by atoms with Crippen LogP contribution in [0.3, 0.4) is 0 Å². The third kappa shape index (κ3) is 6.94. The molecule has 4 atom stereocenters. The van der Waals surface area contributed by atoms with Crippen LogP contribution < -0.4 is 19.7 Å². The number of carboxylic acids is 1. The molecule has 0 amide bonds. The maximum absolute atomic E-state index is 11.6. The molecule has 0 radical (unpaired) electrons. The minimum atomic E-state index is -0.761. The van der Waals surface area contributed by atoms with Crippen LogP contribution in [0.15, 0.2) is 42.5 Å². The summed E-state index contributed by atoms with van der Waals surface area (Å²) in [5.41, 5.74) is 3.35. The highest BCUT2D eigenvalue weighted by Gasteiger charge is 2.37. The van der Waals surface area contributed by atoms with E-state index in [1.54, 1.807) is 21.1 Å². The molecule has 2 aromatic rings. The molecule has 8 heteroatoms. The number of nitrogens with zero attached hydrogens (tertiary/aromatic N) is 1. The first-order chi connectivity index (χ1) is 18.0. The Hall–Kier alpha value is -2.81. The van der Waals surface area contributed by atoms with E-state index in [4.69, 9.17) is 18.9 Å². The standard InChI is InChI=1S/C29H40N2O6/c1-20(29(32)33)15-23-17-30-18-27(28(23)22-6-8-24(35-3)9-7-22)37-19-21-5-10-26-25(16-21)31(12-14-36-26)11-4-13-34-2/h5-10,16,20,23,27-28,30H,4,11-15,17-19H2,1-3H3,(H,32,33). The van der Waals surface area contributed by atoms with Gasteiger partial charge >= 0.3 is 5.97 Å². The van der Waals surface area contributed by atoms with Gasteiger partial charge in [0.15, 0.2) is 0 Å². The molecule has 2 N–H and O–H groups in total. The summed E-state index contributed by atoms with van der Waals surface area (Å²) in [5, 5.41) is 13.0. The number of nitrogens with one attached hydrogen (secondary N) is 1. The highest BCUT2D eigenvalue weighted by molar-refractivity contribution is 5.69. The molecule has 1 saturated heterocycles. The average Bonchev–Trinajstić information content (AvgIpc) is 2.92. The third-order valence-corrected chi connectivity index (χ3v) is 7.46. The normalized spacial score (nSPS) is 22.1. The van der Waals surface area contributed by atoms with E-state index in [9.17, 15) is 9.90 Å². The van der Waals surface area contributed by atoms with Crippen LogP contribution >= 0.6 is 0 Å². The molecule has 0 spiro atoms. The molecule has 2 aliphatic rings. The number of piperidine rings is 1. The average molecular weight is 513 g/mol. The van der Waals surface area contributed by atoms with Crippen LogP contribution in [-0.2, 0) is 20.9 Å². The maximum atomic E-state index is 11.6. The Balaban J connectivity index is 1.51. The Labute approximate surface area is 219 Å². The molecule has 2 aromatic carbocycles. The van der Waals surface area contributed by atoms with E-state index in [0.717, 1.165) is 61.0 Å². The summed E-state index contributed by atoms with van der Waals surface area (Å²) in [6.45, 7) is 6.93. The molecule has 0 bridgehead atoms. The fourth-order valence-corrected chi connectivity index (χ4v) is 5.47. The van der Waals surface area contributed by atoms with Gasteiger partial charge < -0.3 is 34.3 Å². The Morgan fingerprint density at radius 2 is 2.00 bits per heavy atom. The number of rotatable bonds is 12. The van der Waals surface area contributed by atoms with Crippen molar-refractivity contribution in [3.05, 3.63) is 53.6 Å². The van der Waals surface area contributed by atoms with Gasteiger partial charge in [-0.15, -0.1) is 0 Å². The van der Waals surface area contributed by atoms with Gasteiger partial charge in [0.1, 0.15) is 18.1 Å². The van der Waals surface area contributed by atoms with Crippen LogP contribution in [0.2, 0.25) is 0 Å². The fraction of sp³-hybridized carbons (Fsp3) is 0.552. The number of carbonyl (C=O) groups is 1. The zero-order valence-corrected chi connectivity index (χ0v) is 22.2. The van der Waals surface area contributed by atoms with Gasteiger partial charge in [0.05, 0.1) is 38.0 Å². The van der Waals surface area contributed by atoms with Crippen molar-refractivity contribution in [2.24, 2.45) is 11.8 Å². The number of hydrogen-bond donors (Lipinski definition) is 2. The Morgan fingerprint density at radius 1 is 1.19 bits per heavy atom. The van der Waals surface area contributed by atoms with E-state index in [-0.39, 0.29) is 17.9 Å². The van der Waals surface area contributed by atoms with Crippen molar-refractivity contribution in [1.82, 2.24) is 5.32 Å². The summed E-state index contributed by atoms with van der Waals surface area (Å²) >= 11 is 0. The lowest BCUT2D eigenvalue weighted by Gasteiger charge is -2.40. The molecule has 1 fully saturated rings.